The number of para-hydroxylation sites is 1. The molecule has 0 saturated carbocycles. The second-order valence-electron chi connectivity index (χ2n) is 4.84. The fraction of sp³-hybridized carbons (Fsp3) is 0.278. The third-order valence-electron chi connectivity index (χ3n) is 3.25. The van der Waals surface area contributed by atoms with Crippen LogP contribution < -0.4 is 5.32 Å². The summed E-state index contributed by atoms with van der Waals surface area (Å²) in [4.78, 5) is 12.1. The van der Waals surface area contributed by atoms with Crippen molar-refractivity contribution in [3.63, 3.8) is 0 Å². The summed E-state index contributed by atoms with van der Waals surface area (Å²) in [5.74, 6) is -0.197. The first-order chi connectivity index (χ1) is 10.3. The molecule has 0 amide bonds. The minimum absolute atomic E-state index is 0.197. The molecule has 0 aliphatic heterocycles. The fourth-order valence-electron chi connectivity index (χ4n) is 2.18. The van der Waals surface area contributed by atoms with Gasteiger partial charge in [0.25, 0.3) is 0 Å². The Morgan fingerprint density at radius 1 is 1.05 bits per heavy atom. The summed E-state index contributed by atoms with van der Waals surface area (Å²) < 4.78 is 5.16. The number of carbonyl (C=O) groups excluding carboxylic acids is 1. The van der Waals surface area contributed by atoms with Crippen molar-refractivity contribution in [2.45, 2.75) is 25.8 Å². The lowest BCUT2D eigenvalue weighted by atomic mass is 10.0. The summed E-state index contributed by atoms with van der Waals surface area (Å²) in [6.07, 6.45) is 1.54. The number of rotatable bonds is 7. The van der Waals surface area contributed by atoms with Gasteiger partial charge in [0.1, 0.15) is 6.04 Å². The smallest absolute Gasteiger partial charge is 0.328 e. The van der Waals surface area contributed by atoms with E-state index in [2.05, 4.69) is 17.4 Å². The highest BCUT2D eigenvalue weighted by molar-refractivity contribution is 5.79. The molecule has 3 nitrogen and oxygen atoms in total. The van der Waals surface area contributed by atoms with Gasteiger partial charge in [0, 0.05) is 5.69 Å². The Morgan fingerprint density at radius 3 is 2.29 bits per heavy atom. The zero-order chi connectivity index (χ0) is 14.9. The maximum absolute atomic E-state index is 12.1. The van der Waals surface area contributed by atoms with E-state index in [9.17, 15) is 4.79 Å². The Morgan fingerprint density at radius 2 is 1.67 bits per heavy atom. The van der Waals surface area contributed by atoms with Crippen molar-refractivity contribution in [2.75, 3.05) is 11.9 Å². The van der Waals surface area contributed by atoms with E-state index < -0.39 is 0 Å². The molecule has 0 heterocycles. The van der Waals surface area contributed by atoms with Crippen molar-refractivity contribution in [3.8, 4) is 0 Å². The quantitative estimate of drug-likeness (QED) is 0.788. The summed E-state index contributed by atoms with van der Waals surface area (Å²) in [6, 6.07) is 19.6. The molecule has 0 radical (unpaired) electrons. The van der Waals surface area contributed by atoms with Gasteiger partial charge in [-0.1, -0.05) is 48.5 Å². The average Bonchev–Trinajstić information content (AvgIpc) is 2.53. The number of carbonyl (C=O) groups is 1. The van der Waals surface area contributed by atoms with Crippen LogP contribution in [0.1, 0.15) is 18.9 Å². The number of aryl methyl sites for hydroxylation is 1. The summed E-state index contributed by atoms with van der Waals surface area (Å²) in [7, 11) is 0. The van der Waals surface area contributed by atoms with Gasteiger partial charge >= 0.3 is 5.97 Å². The minimum atomic E-state index is -0.326. The van der Waals surface area contributed by atoms with Crippen LogP contribution in [0.5, 0.6) is 0 Å². The second kappa shape index (κ2) is 8.10. The van der Waals surface area contributed by atoms with E-state index in [0.29, 0.717) is 13.0 Å². The Kier molecular flexibility index (Phi) is 5.83. The van der Waals surface area contributed by atoms with E-state index in [1.807, 2.05) is 55.5 Å². The Bertz CT molecular complexity index is 540. The van der Waals surface area contributed by atoms with Crippen molar-refractivity contribution < 1.29 is 9.53 Å². The largest absolute Gasteiger partial charge is 0.464 e. The van der Waals surface area contributed by atoms with E-state index in [0.717, 1.165) is 12.1 Å². The van der Waals surface area contributed by atoms with Crippen LogP contribution in [0.4, 0.5) is 5.69 Å². The van der Waals surface area contributed by atoms with E-state index in [4.69, 9.17) is 4.74 Å². The number of ether oxygens (including phenoxy) is 1. The number of esters is 1. The fourth-order valence-corrected chi connectivity index (χ4v) is 2.18. The number of benzene rings is 2. The summed E-state index contributed by atoms with van der Waals surface area (Å²) in [5, 5.41) is 3.26. The highest BCUT2D eigenvalue weighted by Crippen LogP contribution is 2.13. The third-order valence-corrected chi connectivity index (χ3v) is 3.25. The maximum atomic E-state index is 12.1. The number of hydrogen-bond donors (Lipinski definition) is 1. The number of hydrogen-bond acceptors (Lipinski definition) is 3. The summed E-state index contributed by atoms with van der Waals surface area (Å²) in [6.45, 7) is 2.23. The monoisotopic (exact) mass is 283 g/mol. The highest BCUT2D eigenvalue weighted by atomic mass is 16.5. The lowest BCUT2D eigenvalue weighted by Gasteiger charge is -2.18. The van der Waals surface area contributed by atoms with Crippen LogP contribution in [0.15, 0.2) is 60.7 Å². The van der Waals surface area contributed by atoms with Gasteiger partial charge in [-0.25, -0.2) is 4.79 Å². The highest BCUT2D eigenvalue weighted by Gasteiger charge is 2.19. The van der Waals surface area contributed by atoms with Crippen molar-refractivity contribution in [1.82, 2.24) is 0 Å². The van der Waals surface area contributed by atoms with Gasteiger partial charge in [0.05, 0.1) is 6.61 Å². The van der Waals surface area contributed by atoms with E-state index in [-0.39, 0.29) is 12.0 Å². The molecule has 1 N–H and O–H groups in total. The van der Waals surface area contributed by atoms with Crippen LogP contribution in [-0.2, 0) is 16.0 Å². The van der Waals surface area contributed by atoms with Crippen molar-refractivity contribution in [1.29, 1.82) is 0 Å². The standard InChI is InChI=1S/C18H21NO2/c1-2-21-18(20)17(19-16-11-7-4-8-12-16)14-13-15-9-5-3-6-10-15/h3-12,17,19H,2,13-14H2,1H3. The molecule has 0 spiro atoms. The molecule has 110 valence electrons. The van der Waals surface area contributed by atoms with Crippen LogP contribution in [0.3, 0.4) is 0 Å². The molecule has 0 bridgehead atoms. The molecule has 21 heavy (non-hydrogen) atoms. The number of nitrogens with one attached hydrogen (secondary N) is 1. The topological polar surface area (TPSA) is 38.3 Å². The van der Waals surface area contributed by atoms with Crippen LogP contribution in [0.2, 0.25) is 0 Å². The van der Waals surface area contributed by atoms with Gasteiger partial charge in [-0.3, -0.25) is 0 Å². The molecule has 2 aromatic rings. The van der Waals surface area contributed by atoms with Gasteiger partial charge in [0.2, 0.25) is 0 Å². The van der Waals surface area contributed by atoms with E-state index in [1.54, 1.807) is 0 Å². The van der Waals surface area contributed by atoms with Gasteiger partial charge in [-0.2, -0.15) is 0 Å². The van der Waals surface area contributed by atoms with Crippen LogP contribution in [-0.4, -0.2) is 18.6 Å². The van der Waals surface area contributed by atoms with Gasteiger partial charge in [-0.15, -0.1) is 0 Å². The lowest BCUT2D eigenvalue weighted by molar-refractivity contribution is -0.144. The molecule has 1 atom stereocenters. The average molecular weight is 283 g/mol. The predicted octanol–water partition coefficient (Wildman–Crippen LogP) is 3.66. The summed E-state index contributed by atoms with van der Waals surface area (Å²) in [5.41, 5.74) is 2.16. The Labute approximate surface area is 126 Å². The zero-order valence-electron chi connectivity index (χ0n) is 12.3. The number of anilines is 1. The molecule has 0 aliphatic rings. The molecule has 2 aromatic carbocycles. The maximum Gasteiger partial charge on any atom is 0.328 e. The molecule has 0 fully saturated rings. The van der Waals surface area contributed by atoms with E-state index >= 15 is 0 Å². The molecule has 1 unspecified atom stereocenters. The molecular formula is C18H21NO2. The van der Waals surface area contributed by atoms with Gasteiger partial charge in [-0.05, 0) is 37.5 Å². The first kappa shape index (κ1) is 15.1. The molecule has 0 saturated heterocycles. The van der Waals surface area contributed by atoms with Crippen LogP contribution in [0, 0.1) is 0 Å². The van der Waals surface area contributed by atoms with Gasteiger partial charge < -0.3 is 10.1 Å². The van der Waals surface area contributed by atoms with Crippen LogP contribution in [0.25, 0.3) is 0 Å². The Balaban J connectivity index is 2.00. The predicted molar refractivity (Wildman–Crippen MR) is 85.2 cm³/mol. The first-order valence-corrected chi connectivity index (χ1v) is 7.31. The Hall–Kier alpha value is -2.29. The first-order valence-electron chi connectivity index (χ1n) is 7.31. The van der Waals surface area contributed by atoms with E-state index in [1.165, 1.54) is 5.56 Å². The normalized spacial score (nSPS) is 11.7. The summed E-state index contributed by atoms with van der Waals surface area (Å²) >= 11 is 0. The second-order valence-corrected chi connectivity index (χ2v) is 4.84. The molecule has 3 heteroatoms. The van der Waals surface area contributed by atoms with Crippen molar-refractivity contribution in [2.24, 2.45) is 0 Å². The molecular weight excluding hydrogens is 262 g/mol. The minimum Gasteiger partial charge on any atom is -0.464 e. The van der Waals surface area contributed by atoms with Crippen LogP contribution >= 0.6 is 0 Å². The van der Waals surface area contributed by atoms with Crippen molar-refractivity contribution in [3.05, 3.63) is 66.2 Å². The molecule has 0 aromatic heterocycles. The van der Waals surface area contributed by atoms with Gasteiger partial charge in [0.15, 0.2) is 0 Å². The van der Waals surface area contributed by atoms with Crippen molar-refractivity contribution >= 4 is 11.7 Å². The zero-order valence-corrected chi connectivity index (χ0v) is 12.3. The molecule has 2 rings (SSSR count). The SMILES string of the molecule is CCOC(=O)C(CCc1ccccc1)Nc1ccccc1. The lowest BCUT2D eigenvalue weighted by Crippen LogP contribution is -2.32. The molecule has 0 aliphatic carbocycles. The third kappa shape index (κ3) is 4.95.